The smallest absolute Gasteiger partial charge is 0.196 e. The Morgan fingerprint density at radius 2 is 1.64 bits per heavy atom. The number of benzene rings is 3. The summed E-state index contributed by atoms with van der Waals surface area (Å²) in [5.41, 5.74) is 4.49. The van der Waals surface area contributed by atoms with E-state index < -0.39 is 0 Å². The Morgan fingerprint density at radius 1 is 0.821 bits per heavy atom. The summed E-state index contributed by atoms with van der Waals surface area (Å²) in [6.07, 6.45) is 5.98. The van der Waals surface area contributed by atoms with Gasteiger partial charge in [-0.3, -0.25) is 0 Å². The molecule has 2 N–H and O–H groups in total. The lowest BCUT2D eigenvalue weighted by molar-refractivity contribution is 0.457. The molecule has 28 heavy (non-hydrogen) atoms. The Hall–Kier alpha value is -3.92. The molecule has 0 radical (unpaired) electrons. The molecule has 0 amide bonds. The average molecular weight is 363 g/mol. The SMILES string of the molecule is Oc1[nH]c2ccccc2c1/C=c1\ccc2c(c1)N=NC=2/C=C/c1ccccc1. The normalized spacial score (nSPS) is 13.7. The molecule has 1 aliphatic rings. The standard InChI is InChI=1S/C24H17N3O/c28-24-20(18-8-4-5-9-21(18)25-24)14-17-10-12-19-22(26-27-23(19)15-17)13-11-16-6-2-1-3-7-16/h1-15,25,28H/b13-11+,17-14+. The van der Waals surface area contributed by atoms with E-state index >= 15 is 0 Å². The molecule has 4 nitrogen and oxygen atoms in total. The molecular formula is C24H17N3O. The number of nitrogens with one attached hydrogen (secondary N) is 1. The number of hydrogen-bond acceptors (Lipinski definition) is 3. The fourth-order valence-corrected chi connectivity index (χ4v) is 3.42. The quantitative estimate of drug-likeness (QED) is 0.548. The Labute approximate surface area is 161 Å². The van der Waals surface area contributed by atoms with Crippen LogP contribution in [-0.4, -0.2) is 10.1 Å². The third-order valence-electron chi connectivity index (χ3n) is 4.83. The molecule has 0 fully saturated rings. The lowest BCUT2D eigenvalue weighted by Crippen LogP contribution is -2.08. The van der Waals surface area contributed by atoms with Crippen molar-refractivity contribution in [3.05, 3.63) is 100 Å². The van der Waals surface area contributed by atoms with E-state index in [1.165, 1.54) is 0 Å². The number of aromatic hydroxyl groups is 1. The topological polar surface area (TPSA) is 60.7 Å². The molecule has 134 valence electrons. The second kappa shape index (κ2) is 6.67. The Bertz CT molecular complexity index is 1360. The fraction of sp³-hybridized carbons (Fsp3) is 0. The lowest BCUT2D eigenvalue weighted by atomic mass is 10.1. The van der Waals surface area contributed by atoms with E-state index in [2.05, 4.69) is 27.3 Å². The zero-order chi connectivity index (χ0) is 18.9. The first-order valence-electron chi connectivity index (χ1n) is 9.08. The van der Waals surface area contributed by atoms with Crippen molar-refractivity contribution in [2.45, 2.75) is 0 Å². The van der Waals surface area contributed by atoms with Gasteiger partial charge in [0, 0.05) is 21.7 Å². The number of fused-ring (bicyclic) bond motifs is 2. The van der Waals surface area contributed by atoms with Gasteiger partial charge < -0.3 is 10.1 Å². The number of hydrogen-bond donors (Lipinski definition) is 2. The Kier molecular flexibility index (Phi) is 3.87. The summed E-state index contributed by atoms with van der Waals surface area (Å²) >= 11 is 0. The van der Waals surface area contributed by atoms with Crippen molar-refractivity contribution in [1.29, 1.82) is 0 Å². The minimum absolute atomic E-state index is 0.168. The summed E-state index contributed by atoms with van der Waals surface area (Å²) in [6, 6.07) is 24.0. The van der Waals surface area contributed by atoms with E-state index in [1.807, 2.05) is 78.9 Å². The maximum atomic E-state index is 10.3. The third-order valence-corrected chi connectivity index (χ3v) is 4.83. The molecule has 5 rings (SSSR count). The first kappa shape index (κ1) is 16.3. The van der Waals surface area contributed by atoms with Gasteiger partial charge >= 0.3 is 0 Å². The number of aromatic amines is 1. The van der Waals surface area contributed by atoms with Gasteiger partial charge in [-0.15, -0.1) is 10.2 Å². The van der Waals surface area contributed by atoms with E-state index in [4.69, 9.17) is 0 Å². The molecule has 0 saturated heterocycles. The van der Waals surface area contributed by atoms with E-state index in [1.54, 1.807) is 0 Å². The maximum Gasteiger partial charge on any atom is 0.196 e. The van der Waals surface area contributed by atoms with Crippen molar-refractivity contribution in [1.82, 2.24) is 4.98 Å². The highest BCUT2D eigenvalue weighted by molar-refractivity contribution is 5.91. The number of azo groups is 1. The number of nitrogens with zero attached hydrogens (tertiary/aromatic N) is 2. The monoisotopic (exact) mass is 363 g/mol. The molecule has 4 aromatic rings. The van der Waals surface area contributed by atoms with Crippen molar-refractivity contribution in [2.24, 2.45) is 10.2 Å². The number of aromatic nitrogens is 1. The highest BCUT2D eigenvalue weighted by Crippen LogP contribution is 2.27. The summed E-state index contributed by atoms with van der Waals surface area (Å²) in [7, 11) is 0. The van der Waals surface area contributed by atoms with Crippen LogP contribution in [0.5, 0.6) is 5.88 Å². The predicted molar refractivity (Wildman–Crippen MR) is 113 cm³/mol. The van der Waals surface area contributed by atoms with Gasteiger partial charge in [-0.1, -0.05) is 60.7 Å². The van der Waals surface area contributed by atoms with Gasteiger partial charge in [-0.05, 0) is 41.1 Å². The van der Waals surface area contributed by atoms with Crippen LogP contribution in [0.1, 0.15) is 11.1 Å². The zero-order valence-electron chi connectivity index (χ0n) is 15.0. The van der Waals surface area contributed by atoms with Gasteiger partial charge in [0.1, 0.15) is 0 Å². The fourth-order valence-electron chi connectivity index (χ4n) is 3.42. The van der Waals surface area contributed by atoms with Crippen molar-refractivity contribution in [3.8, 4) is 5.88 Å². The third kappa shape index (κ3) is 2.91. The Balaban J connectivity index is 1.56. The summed E-state index contributed by atoms with van der Waals surface area (Å²) in [4.78, 5) is 3.01. The van der Waals surface area contributed by atoms with Crippen LogP contribution in [0.25, 0.3) is 28.8 Å². The van der Waals surface area contributed by atoms with E-state index in [-0.39, 0.29) is 5.88 Å². The van der Waals surface area contributed by atoms with Crippen LogP contribution in [0.3, 0.4) is 0 Å². The van der Waals surface area contributed by atoms with Crippen LogP contribution in [0, 0.1) is 0 Å². The van der Waals surface area contributed by atoms with Crippen LogP contribution in [0.15, 0.2) is 89.1 Å². The molecule has 2 heterocycles. The van der Waals surface area contributed by atoms with Crippen LogP contribution in [0.2, 0.25) is 0 Å². The molecule has 4 heteroatoms. The molecule has 1 aromatic heterocycles. The van der Waals surface area contributed by atoms with Crippen molar-refractivity contribution in [2.75, 3.05) is 0 Å². The molecule has 0 saturated carbocycles. The van der Waals surface area contributed by atoms with Gasteiger partial charge in [-0.2, -0.15) is 0 Å². The first-order valence-corrected chi connectivity index (χ1v) is 9.08. The minimum Gasteiger partial charge on any atom is -0.494 e. The molecule has 0 unspecified atom stereocenters. The Morgan fingerprint density at radius 3 is 2.54 bits per heavy atom. The molecule has 0 spiro atoms. The minimum atomic E-state index is 0.168. The second-order valence-corrected chi connectivity index (χ2v) is 6.68. The van der Waals surface area contributed by atoms with Gasteiger partial charge in [0.25, 0.3) is 0 Å². The summed E-state index contributed by atoms with van der Waals surface area (Å²) < 4.78 is 0. The van der Waals surface area contributed by atoms with Gasteiger partial charge in [0.15, 0.2) is 5.88 Å². The van der Waals surface area contributed by atoms with Crippen LogP contribution >= 0.6 is 0 Å². The summed E-state index contributed by atoms with van der Waals surface area (Å²) in [5.74, 6) is 0.168. The second-order valence-electron chi connectivity index (χ2n) is 6.68. The summed E-state index contributed by atoms with van der Waals surface area (Å²) in [6.45, 7) is 0. The van der Waals surface area contributed by atoms with Gasteiger partial charge in [0.2, 0.25) is 0 Å². The number of rotatable bonds is 3. The predicted octanol–water partition coefficient (Wildman–Crippen LogP) is 4.62. The maximum absolute atomic E-state index is 10.3. The van der Waals surface area contributed by atoms with Crippen molar-refractivity contribution in [3.63, 3.8) is 0 Å². The molecular weight excluding hydrogens is 346 g/mol. The van der Waals surface area contributed by atoms with Crippen molar-refractivity contribution < 1.29 is 5.11 Å². The van der Waals surface area contributed by atoms with Crippen molar-refractivity contribution >= 4 is 34.4 Å². The molecule has 1 aliphatic heterocycles. The van der Waals surface area contributed by atoms with Gasteiger partial charge in [-0.25, -0.2) is 0 Å². The summed E-state index contributed by atoms with van der Waals surface area (Å²) in [5, 5.41) is 21.8. The molecule has 3 aromatic carbocycles. The van der Waals surface area contributed by atoms with E-state index in [0.29, 0.717) is 0 Å². The van der Waals surface area contributed by atoms with Crippen LogP contribution < -0.4 is 10.4 Å². The molecule has 0 atom stereocenters. The largest absolute Gasteiger partial charge is 0.494 e. The van der Waals surface area contributed by atoms with E-state index in [0.717, 1.165) is 43.9 Å². The van der Waals surface area contributed by atoms with Crippen LogP contribution in [0.4, 0.5) is 5.69 Å². The lowest BCUT2D eigenvalue weighted by Gasteiger charge is -1.95. The highest BCUT2D eigenvalue weighted by Gasteiger charge is 2.09. The first-order chi connectivity index (χ1) is 13.8. The molecule has 0 bridgehead atoms. The number of para-hydroxylation sites is 1. The average Bonchev–Trinajstić information content (AvgIpc) is 3.28. The van der Waals surface area contributed by atoms with E-state index in [9.17, 15) is 5.11 Å². The van der Waals surface area contributed by atoms with Crippen LogP contribution in [-0.2, 0) is 0 Å². The highest BCUT2D eigenvalue weighted by atomic mass is 16.3. The number of H-pyrrole nitrogens is 1. The molecule has 0 aliphatic carbocycles. The zero-order valence-corrected chi connectivity index (χ0v) is 15.0. The van der Waals surface area contributed by atoms with Gasteiger partial charge in [0.05, 0.1) is 11.4 Å².